The molecule has 0 amide bonds. The average molecular weight is 987 g/mol. The zero-order valence-corrected chi connectivity index (χ0v) is 45.8. The van der Waals surface area contributed by atoms with Gasteiger partial charge in [-0.1, -0.05) is 317 Å². The highest BCUT2D eigenvalue weighted by atomic mass is 31.1. The smallest absolute Gasteiger partial charge is 0.159 e. The molecule has 8 aromatic rings. The van der Waals surface area contributed by atoms with Gasteiger partial charge in [0.1, 0.15) is 6.29 Å². The number of carbonyl (C=O) groups is 2. The minimum absolute atomic E-state index is 0.121. The van der Waals surface area contributed by atoms with E-state index in [4.69, 9.17) is 16.4 Å². The third-order valence-electron chi connectivity index (χ3n) is 8.42. The number of Topliss-reactive ketones (excluding diaryl/α,β-unsaturated/α-hetero) is 1. The first kappa shape index (κ1) is 69.0. The highest BCUT2D eigenvalue weighted by molar-refractivity contribution is 7.79. The first-order chi connectivity index (χ1) is 35.5. The minimum Gasteiger partial charge on any atom is -0.392 e. The minimum atomic E-state index is -0.446. The van der Waals surface area contributed by atoms with Crippen molar-refractivity contribution < 1.29 is 14.7 Å². The summed E-state index contributed by atoms with van der Waals surface area (Å²) in [7, 11) is -0.446. The zero-order valence-electron chi connectivity index (χ0n) is 44.9. The van der Waals surface area contributed by atoms with Gasteiger partial charge in [-0.3, -0.25) is 9.59 Å². The fraction of sp³-hybridized carbons (Fsp3) is 0.219. The highest BCUT2D eigenvalue weighted by Crippen LogP contribution is 2.32. The van der Waals surface area contributed by atoms with Crippen LogP contribution in [0.25, 0.3) is 10.4 Å². The van der Waals surface area contributed by atoms with Crippen molar-refractivity contribution in [1.82, 2.24) is 0 Å². The van der Waals surface area contributed by atoms with E-state index in [0.29, 0.717) is 13.1 Å². The Morgan fingerprint density at radius 2 is 0.750 bits per heavy atom. The monoisotopic (exact) mass is 987 g/mol. The van der Waals surface area contributed by atoms with Crippen LogP contribution in [0.3, 0.4) is 0 Å². The molecule has 0 aliphatic rings. The van der Waals surface area contributed by atoms with E-state index in [9.17, 15) is 9.59 Å². The van der Waals surface area contributed by atoms with Crippen LogP contribution in [-0.4, -0.2) is 17.2 Å². The van der Waals surface area contributed by atoms with E-state index in [1.165, 1.54) is 21.5 Å². The fourth-order valence-electron chi connectivity index (χ4n) is 5.28. The van der Waals surface area contributed by atoms with Crippen molar-refractivity contribution >= 4 is 35.9 Å². The number of ketones is 1. The second-order valence-electron chi connectivity index (χ2n) is 13.0. The van der Waals surface area contributed by atoms with Crippen LogP contribution < -0.4 is 21.6 Å². The summed E-state index contributed by atoms with van der Waals surface area (Å²) in [6.45, 7) is 22.8. The van der Waals surface area contributed by atoms with Crippen molar-refractivity contribution in [2.75, 3.05) is 0 Å². The fourth-order valence-corrected chi connectivity index (χ4v) is 7.58. The number of aldehydes is 1. The van der Waals surface area contributed by atoms with Crippen molar-refractivity contribution in [1.29, 1.82) is 0 Å². The van der Waals surface area contributed by atoms with Crippen LogP contribution in [0, 0.1) is 0 Å². The van der Waals surface area contributed by atoms with Crippen LogP contribution in [0.5, 0.6) is 0 Å². The van der Waals surface area contributed by atoms with Crippen molar-refractivity contribution in [3.05, 3.63) is 281 Å². The first-order valence-electron chi connectivity index (χ1n) is 24.9. The molecule has 8 heteroatoms. The van der Waals surface area contributed by atoms with E-state index >= 15 is 0 Å². The molecule has 0 saturated carbocycles. The van der Waals surface area contributed by atoms with Crippen LogP contribution in [-0.2, 0) is 19.7 Å². The maximum absolute atomic E-state index is 10.6. The molecule has 3 N–H and O–H groups in total. The van der Waals surface area contributed by atoms with E-state index in [0.717, 1.165) is 28.5 Å². The van der Waals surface area contributed by atoms with Gasteiger partial charge in [0.2, 0.25) is 0 Å². The molecule has 0 saturated heterocycles. The lowest BCUT2D eigenvalue weighted by Crippen LogP contribution is -2.20. The Bertz CT molecular complexity index is 2240. The van der Waals surface area contributed by atoms with Gasteiger partial charge in [-0.15, -0.1) is 0 Å². The second kappa shape index (κ2) is 53.1. The van der Waals surface area contributed by atoms with Crippen LogP contribution in [0.2, 0.25) is 0 Å². The number of hydrogen-bond donors (Lipinski definition) is 2. The number of azide groups is 1. The van der Waals surface area contributed by atoms with Crippen LogP contribution in [0.4, 0.5) is 0 Å². The lowest BCUT2D eigenvalue weighted by atomic mass is 10.2. The Labute approximate surface area is 436 Å². The third kappa shape index (κ3) is 35.0. The molecule has 0 aliphatic heterocycles. The largest absolute Gasteiger partial charge is 0.392 e. The van der Waals surface area contributed by atoms with E-state index in [-0.39, 0.29) is 12.4 Å². The molecule has 0 atom stereocenters. The highest BCUT2D eigenvalue weighted by Gasteiger charge is 2.15. The van der Waals surface area contributed by atoms with Crippen LogP contribution >= 0.6 is 7.92 Å². The molecular weight excluding hydrogens is 904 g/mol. The average Bonchev–Trinajstić information content (AvgIpc) is 3.50. The van der Waals surface area contributed by atoms with Gasteiger partial charge in [0.05, 0.1) is 13.2 Å². The molecule has 0 aliphatic carbocycles. The Morgan fingerprint density at radius 3 is 0.972 bits per heavy atom. The number of carbonyl (C=O) groups excluding carboxylic acids is 2. The number of rotatable bonds is 9. The lowest BCUT2D eigenvalue weighted by molar-refractivity contribution is 0.101. The van der Waals surface area contributed by atoms with Gasteiger partial charge in [0.25, 0.3) is 0 Å². The van der Waals surface area contributed by atoms with Crippen molar-refractivity contribution in [3.63, 3.8) is 0 Å². The Balaban J connectivity index is -0.000000791. The van der Waals surface area contributed by atoms with Crippen molar-refractivity contribution in [3.8, 4) is 0 Å². The quantitative estimate of drug-likeness (QED) is 0.0373. The molecule has 72 heavy (non-hydrogen) atoms. The maximum atomic E-state index is 10.6. The first-order valence-corrected chi connectivity index (χ1v) is 26.3. The number of benzene rings is 8. The summed E-state index contributed by atoms with van der Waals surface area (Å²) in [5.41, 5.74) is 18.0. The van der Waals surface area contributed by atoms with E-state index in [1.807, 2.05) is 209 Å². The molecule has 0 bridgehead atoms. The van der Waals surface area contributed by atoms with Gasteiger partial charge in [-0.05, 0) is 53.0 Å². The van der Waals surface area contributed by atoms with E-state index in [1.54, 1.807) is 19.1 Å². The molecule has 0 fully saturated rings. The summed E-state index contributed by atoms with van der Waals surface area (Å²) in [5, 5.41) is 16.2. The summed E-state index contributed by atoms with van der Waals surface area (Å²) in [6.07, 6.45) is 0.833. The van der Waals surface area contributed by atoms with Crippen LogP contribution in [0.15, 0.2) is 248 Å². The van der Waals surface area contributed by atoms with Gasteiger partial charge in [0, 0.05) is 22.6 Å². The van der Waals surface area contributed by atoms with Gasteiger partial charge in [-0.25, -0.2) is 0 Å². The van der Waals surface area contributed by atoms with E-state index in [2.05, 4.69) is 101 Å². The van der Waals surface area contributed by atoms with Gasteiger partial charge in [-0.2, -0.15) is 0 Å². The van der Waals surface area contributed by atoms with Crippen molar-refractivity contribution in [2.24, 2.45) is 10.8 Å². The summed E-state index contributed by atoms with van der Waals surface area (Å²) in [4.78, 5) is 23.3. The summed E-state index contributed by atoms with van der Waals surface area (Å²) in [5.74, 6) is 0.121. The van der Waals surface area contributed by atoms with Gasteiger partial charge >= 0.3 is 0 Å². The van der Waals surface area contributed by atoms with Gasteiger partial charge in [0.15, 0.2) is 5.78 Å². The third-order valence-corrected chi connectivity index (χ3v) is 10.9. The van der Waals surface area contributed by atoms with Crippen LogP contribution in [0.1, 0.15) is 114 Å². The molecule has 7 nitrogen and oxygen atoms in total. The molecule has 382 valence electrons. The number of nitrogens with zero attached hydrogens (tertiary/aromatic N) is 3. The number of hydrogen-bond acceptors (Lipinski definition) is 5. The molecule has 0 spiro atoms. The molecule has 0 heterocycles. The Hall–Kier alpha value is -7.24. The molecule has 0 unspecified atom stereocenters. The van der Waals surface area contributed by atoms with Gasteiger partial charge < -0.3 is 10.8 Å². The van der Waals surface area contributed by atoms with E-state index < -0.39 is 7.92 Å². The second-order valence-corrected chi connectivity index (χ2v) is 15.2. The Morgan fingerprint density at radius 1 is 0.472 bits per heavy atom. The summed E-state index contributed by atoms with van der Waals surface area (Å²) < 4.78 is 0. The number of aliphatic hydroxyl groups excluding tert-OH is 1. The van der Waals surface area contributed by atoms with Crippen molar-refractivity contribution in [2.45, 2.75) is 95.9 Å². The normalized spacial score (nSPS) is 8.47. The Kier molecular flexibility index (Phi) is 50.9. The molecule has 0 radical (unpaired) electrons. The predicted molar refractivity (Wildman–Crippen MR) is 316 cm³/mol. The SMILES string of the molecule is CC.CC.CC.CC.CC.CC(=O)c1ccccc1.NCc1ccccc1.O=Cc1ccccc1.OCc1ccccc1.[N-]=[N+]=NCc1ccccc1.c1ccc(P(c2ccccc2)c2ccccc2)cc1. The topological polar surface area (TPSA) is 129 Å². The standard InChI is InChI=1S/C18H15P.C8H8O.C7H7N3.C7H9N.C7H8O.C7H6O.5C2H6/c1-4-10-16(11-5-1)19(17-12-6-2-7-13-17)18-14-8-3-9-15-18;1-7(9)8-5-3-2-4-6-8;8-10-9-6-7-4-2-1-3-5-7;3*8-6-7-4-2-1-3-5-7;5*1-2/h1-15H;2-6H,1H3;1-5H,6H2;1-5H,6,8H2;1-5,8H,6H2;1-6H;5*1-2H3. The molecule has 8 rings (SSSR count). The number of aliphatic hydroxyl groups is 1. The summed E-state index contributed by atoms with van der Waals surface area (Å²) in [6, 6.07) is 79.8. The summed E-state index contributed by atoms with van der Waals surface area (Å²) >= 11 is 0. The number of nitrogens with two attached hydrogens (primary N) is 1. The molecule has 8 aromatic carbocycles. The lowest BCUT2D eigenvalue weighted by Gasteiger charge is -2.18. The zero-order chi connectivity index (χ0) is 54.3. The molecular formula is C64H83N4O3P. The maximum Gasteiger partial charge on any atom is 0.159 e. The predicted octanol–water partition coefficient (Wildman–Crippen LogP) is 16.8. The molecule has 0 aromatic heterocycles.